The van der Waals surface area contributed by atoms with Crippen LogP contribution in [0.4, 0.5) is 0 Å². The van der Waals surface area contributed by atoms with Crippen molar-refractivity contribution in [1.82, 2.24) is 14.9 Å². The lowest BCUT2D eigenvalue weighted by molar-refractivity contribution is 0.368. The van der Waals surface area contributed by atoms with Crippen molar-refractivity contribution in [1.29, 1.82) is 0 Å². The van der Waals surface area contributed by atoms with Gasteiger partial charge in [0.15, 0.2) is 0 Å². The number of H-pyrrole nitrogens is 1. The topological polar surface area (TPSA) is 49.8 Å². The van der Waals surface area contributed by atoms with E-state index in [1.807, 2.05) is 4.57 Å². The van der Waals surface area contributed by atoms with Gasteiger partial charge in [0.2, 0.25) is 0 Å². The largest absolute Gasteiger partial charge is 0.326 e. The van der Waals surface area contributed by atoms with Crippen LogP contribution in [0.2, 0.25) is 0 Å². The Kier molecular flexibility index (Phi) is 3.42. The first-order valence-corrected chi connectivity index (χ1v) is 7.24. The number of nitrogens with one attached hydrogen (secondary N) is 2. The van der Waals surface area contributed by atoms with Gasteiger partial charge in [0.1, 0.15) is 0 Å². The van der Waals surface area contributed by atoms with Crippen molar-refractivity contribution >= 4 is 11.0 Å². The van der Waals surface area contributed by atoms with E-state index in [-0.39, 0.29) is 5.69 Å². The van der Waals surface area contributed by atoms with Gasteiger partial charge in [-0.05, 0) is 44.0 Å². The van der Waals surface area contributed by atoms with Crippen molar-refractivity contribution in [3.8, 4) is 0 Å². The molecule has 0 atom stereocenters. The zero-order valence-corrected chi connectivity index (χ0v) is 11.4. The van der Waals surface area contributed by atoms with Gasteiger partial charge in [0.05, 0.1) is 11.0 Å². The molecule has 1 aliphatic rings. The molecule has 0 unspecified atom stereocenters. The number of hydrogen-bond donors (Lipinski definition) is 2. The molecule has 1 aliphatic heterocycles. The molecule has 0 spiro atoms. The van der Waals surface area contributed by atoms with E-state index >= 15 is 0 Å². The summed E-state index contributed by atoms with van der Waals surface area (Å²) in [6.07, 6.45) is 4.18. The Labute approximate surface area is 112 Å². The predicted molar refractivity (Wildman–Crippen MR) is 77.7 cm³/mol. The average Bonchev–Trinajstić information content (AvgIpc) is 2.77. The fourth-order valence-corrected chi connectivity index (χ4v) is 3.11. The average molecular weight is 259 g/mol. The van der Waals surface area contributed by atoms with E-state index in [0.29, 0.717) is 6.04 Å². The summed E-state index contributed by atoms with van der Waals surface area (Å²) in [6, 6.07) is 6.58. The maximum Gasteiger partial charge on any atom is 0.326 e. The Morgan fingerprint density at radius 2 is 2.11 bits per heavy atom. The maximum absolute atomic E-state index is 12.3. The summed E-state index contributed by atoms with van der Waals surface area (Å²) in [7, 11) is 0. The van der Waals surface area contributed by atoms with E-state index in [1.54, 1.807) is 0 Å². The lowest BCUT2D eigenvalue weighted by Crippen LogP contribution is -2.33. The predicted octanol–water partition coefficient (Wildman–Crippen LogP) is 2.21. The van der Waals surface area contributed by atoms with Gasteiger partial charge < -0.3 is 10.3 Å². The molecule has 0 bridgehead atoms. The van der Waals surface area contributed by atoms with Gasteiger partial charge in [0, 0.05) is 6.04 Å². The van der Waals surface area contributed by atoms with Crippen molar-refractivity contribution in [2.45, 2.75) is 38.6 Å². The van der Waals surface area contributed by atoms with Crippen molar-refractivity contribution in [2.75, 3.05) is 13.1 Å². The van der Waals surface area contributed by atoms with Crippen LogP contribution < -0.4 is 11.0 Å². The molecule has 102 valence electrons. The van der Waals surface area contributed by atoms with Gasteiger partial charge >= 0.3 is 5.69 Å². The third-order valence-corrected chi connectivity index (χ3v) is 4.03. The normalized spacial score (nSPS) is 17.1. The summed E-state index contributed by atoms with van der Waals surface area (Å²) in [4.78, 5) is 15.3. The van der Waals surface area contributed by atoms with E-state index in [9.17, 15) is 4.79 Å². The molecule has 4 heteroatoms. The zero-order valence-electron chi connectivity index (χ0n) is 11.4. The van der Waals surface area contributed by atoms with Gasteiger partial charge in [-0.25, -0.2) is 4.79 Å². The fourth-order valence-electron chi connectivity index (χ4n) is 3.11. The maximum atomic E-state index is 12.3. The van der Waals surface area contributed by atoms with Crippen LogP contribution >= 0.6 is 0 Å². The second-order valence-corrected chi connectivity index (χ2v) is 5.34. The molecule has 2 aromatic rings. The van der Waals surface area contributed by atoms with Crippen molar-refractivity contribution in [3.63, 3.8) is 0 Å². The molecule has 1 fully saturated rings. The molecule has 2 N–H and O–H groups in total. The number of aryl methyl sites for hydroxylation is 1. The number of benzene rings is 1. The van der Waals surface area contributed by atoms with Crippen LogP contribution in [0.3, 0.4) is 0 Å². The van der Waals surface area contributed by atoms with Gasteiger partial charge in [-0.3, -0.25) is 4.57 Å². The molecular weight excluding hydrogens is 238 g/mol. The van der Waals surface area contributed by atoms with E-state index in [2.05, 4.69) is 35.4 Å². The summed E-state index contributed by atoms with van der Waals surface area (Å²) in [5.41, 5.74) is 3.41. The lowest BCUT2D eigenvalue weighted by atomic mass is 10.1. The third kappa shape index (κ3) is 2.21. The Balaban J connectivity index is 2.11. The Morgan fingerprint density at radius 3 is 2.84 bits per heavy atom. The molecule has 0 radical (unpaired) electrons. The summed E-state index contributed by atoms with van der Waals surface area (Å²) in [5.74, 6) is 0. The van der Waals surface area contributed by atoms with Crippen LogP contribution in [-0.2, 0) is 6.42 Å². The number of nitrogens with zero attached hydrogens (tertiary/aromatic N) is 1. The zero-order chi connectivity index (χ0) is 13.2. The quantitative estimate of drug-likeness (QED) is 0.888. The highest BCUT2D eigenvalue weighted by Crippen LogP contribution is 2.24. The standard InChI is InChI=1S/C15H21N3O/c1-2-4-11-5-3-6-13-14(11)17-15(19)18(13)12-7-9-16-10-8-12/h3,5-6,12,16H,2,4,7-10H2,1H3,(H,17,19). The molecule has 0 saturated carbocycles. The van der Waals surface area contributed by atoms with Crippen molar-refractivity contribution in [2.24, 2.45) is 0 Å². The van der Waals surface area contributed by atoms with Crippen LogP contribution in [0, 0.1) is 0 Å². The highest BCUT2D eigenvalue weighted by atomic mass is 16.1. The van der Waals surface area contributed by atoms with E-state index in [0.717, 1.165) is 49.8 Å². The minimum absolute atomic E-state index is 0.0467. The number of imidazole rings is 1. The van der Waals surface area contributed by atoms with Crippen LogP contribution in [0.1, 0.15) is 37.8 Å². The second kappa shape index (κ2) is 5.21. The SMILES string of the molecule is CCCc1cccc2c1[nH]c(=O)n2C1CCNCC1. The van der Waals surface area contributed by atoms with Gasteiger partial charge in [-0.1, -0.05) is 25.5 Å². The van der Waals surface area contributed by atoms with Crippen LogP contribution in [0.25, 0.3) is 11.0 Å². The van der Waals surface area contributed by atoms with Gasteiger partial charge in [-0.15, -0.1) is 0 Å². The molecule has 1 saturated heterocycles. The minimum atomic E-state index is 0.0467. The van der Waals surface area contributed by atoms with Crippen LogP contribution in [0.15, 0.2) is 23.0 Å². The third-order valence-electron chi connectivity index (χ3n) is 4.03. The first kappa shape index (κ1) is 12.5. The molecule has 0 aliphatic carbocycles. The lowest BCUT2D eigenvalue weighted by Gasteiger charge is -2.23. The van der Waals surface area contributed by atoms with Crippen LogP contribution in [0.5, 0.6) is 0 Å². The molecule has 0 amide bonds. The molecule has 1 aromatic heterocycles. The van der Waals surface area contributed by atoms with E-state index in [1.165, 1.54) is 5.56 Å². The molecule has 3 rings (SSSR count). The molecule has 19 heavy (non-hydrogen) atoms. The number of fused-ring (bicyclic) bond motifs is 1. The number of aromatic nitrogens is 2. The first-order valence-electron chi connectivity index (χ1n) is 7.24. The van der Waals surface area contributed by atoms with E-state index < -0.39 is 0 Å². The number of hydrogen-bond acceptors (Lipinski definition) is 2. The number of rotatable bonds is 3. The van der Waals surface area contributed by atoms with Gasteiger partial charge in [-0.2, -0.15) is 0 Å². The number of para-hydroxylation sites is 1. The minimum Gasteiger partial charge on any atom is -0.317 e. The molecule has 2 heterocycles. The van der Waals surface area contributed by atoms with Gasteiger partial charge in [0.25, 0.3) is 0 Å². The molecular formula is C15H21N3O. The Hall–Kier alpha value is -1.55. The summed E-state index contributed by atoms with van der Waals surface area (Å²) in [5, 5.41) is 3.35. The summed E-state index contributed by atoms with van der Waals surface area (Å²) >= 11 is 0. The van der Waals surface area contributed by atoms with Crippen molar-refractivity contribution in [3.05, 3.63) is 34.2 Å². The fraction of sp³-hybridized carbons (Fsp3) is 0.533. The van der Waals surface area contributed by atoms with Crippen molar-refractivity contribution < 1.29 is 0 Å². The number of piperidine rings is 1. The second-order valence-electron chi connectivity index (χ2n) is 5.34. The first-order chi connectivity index (χ1) is 9.31. The van der Waals surface area contributed by atoms with E-state index in [4.69, 9.17) is 0 Å². The highest BCUT2D eigenvalue weighted by molar-refractivity contribution is 5.79. The Bertz CT molecular complexity index is 620. The number of aromatic amines is 1. The monoisotopic (exact) mass is 259 g/mol. The Morgan fingerprint density at radius 1 is 1.32 bits per heavy atom. The smallest absolute Gasteiger partial charge is 0.317 e. The van der Waals surface area contributed by atoms with Crippen LogP contribution in [-0.4, -0.2) is 22.6 Å². The molecule has 4 nitrogen and oxygen atoms in total. The summed E-state index contributed by atoms with van der Waals surface area (Å²) < 4.78 is 1.97. The highest BCUT2D eigenvalue weighted by Gasteiger charge is 2.20. The summed E-state index contributed by atoms with van der Waals surface area (Å²) in [6.45, 7) is 4.16. The molecule has 1 aromatic carbocycles.